The van der Waals surface area contributed by atoms with Crippen molar-refractivity contribution in [2.75, 3.05) is 5.32 Å². The summed E-state index contributed by atoms with van der Waals surface area (Å²) in [5.74, 6) is -0.716. The number of halogens is 1. The van der Waals surface area contributed by atoms with Crippen LogP contribution in [-0.4, -0.2) is 17.0 Å². The van der Waals surface area contributed by atoms with Crippen molar-refractivity contribution >= 4 is 17.4 Å². The van der Waals surface area contributed by atoms with Gasteiger partial charge in [-0.25, -0.2) is 9.18 Å². The molecule has 0 heterocycles. The molecule has 0 aromatic heterocycles. The molecule has 1 saturated carbocycles. The molecule has 1 aromatic rings. The molecule has 7 heteroatoms. The zero-order valence-corrected chi connectivity index (χ0v) is 9.48. The average molecular weight is 253 g/mol. The van der Waals surface area contributed by atoms with Crippen LogP contribution in [0.15, 0.2) is 18.2 Å². The third-order valence-electron chi connectivity index (χ3n) is 2.85. The van der Waals surface area contributed by atoms with Crippen LogP contribution in [-0.2, 0) is 0 Å². The number of hydrogen-bond donors (Lipinski definition) is 2. The van der Waals surface area contributed by atoms with Gasteiger partial charge >= 0.3 is 6.03 Å². The Labute approximate surface area is 102 Å². The maximum atomic E-state index is 12.9. The van der Waals surface area contributed by atoms with E-state index in [1.165, 1.54) is 6.07 Å². The summed E-state index contributed by atoms with van der Waals surface area (Å²) in [6, 6.07) is 2.64. The molecule has 1 fully saturated rings. The Bertz CT molecular complexity index is 488. The summed E-state index contributed by atoms with van der Waals surface area (Å²) < 4.78 is 12.9. The molecule has 0 aliphatic heterocycles. The molecule has 2 N–H and O–H groups in total. The first-order valence-corrected chi connectivity index (χ1v) is 5.58. The van der Waals surface area contributed by atoms with E-state index in [1.807, 2.05) is 0 Å². The number of carbonyl (C=O) groups excluding carboxylic acids is 1. The molecule has 1 aliphatic rings. The lowest BCUT2D eigenvalue weighted by Gasteiger charge is -2.26. The van der Waals surface area contributed by atoms with E-state index in [0.29, 0.717) is 0 Å². The Kier molecular flexibility index (Phi) is 3.40. The Morgan fingerprint density at radius 2 is 2.17 bits per heavy atom. The summed E-state index contributed by atoms with van der Waals surface area (Å²) >= 11 is 0. The fraction of sp³-hybridized carbons (Fsp3) is 0.364. The highest BCUT2D eigenvalue weighted by atomic mass is 19.1. The maximum Gasteiger partial charge on any atom is 0.319 e. The van der Waals surface area contributed by atoms with E-state index in [2.05, 4.69) is 10.6 Å². The van der Waals surface area contributed by atoms with Gasteiger partial charge in [0.1, 0.15) is 11.5 Å². The number of nitro benzene ring substituents is 1. The number of urea groups is 1. The first-order chi connectivity index (χ1) is 8.56. The smallest absolute Gasteiger partial charge is 0.319 e. The van der Waals surface area contributed by atoms with E-state index in [1.54, 1.807) is 0 Å². The minimum absolute atomic E-state index is 0.0155. The number of nitrogens with one attached hydrogen (secondary N) is 2. The van der Waals surface area contributed by atoms with Crippen molar-refractivity contribution in [2.45, 2.75) is 25.3 Å². The van der Waals surface area contributed by atoms with E-state index in [-0.39, 0.29) is 11.7 Å². The molecule has 18 heavy (non-hydrogen) atoms. The summed E-state index contributed by atoms with van der Waals surface area (Å²) in [4.78, 5) is 21.5. The van der Waals surface area contributed by atoms with Gasteiger partial charge in [0.25, 0.3) is 5.69 Å². The Hall–Kier alpha value is -2.18. The van der Waals surface area contributed by atoms with Gasteiger partial charge in [-0.2, -0.15) is 0 Å². The van der Waals surface area contributed by atoms with Crippen LogP contribution < -0.4 is 10.6 Å². The van der Waals surface area contributed by atoms with E-state index >= 15 is 0 Å². The third kappa shape index (κ3) is 2.73. The summed E-state index contributed by atoms with van der Waals surface area (Å²) in [6.45, 7) is 0. The van der Waals surface area contributed by atoms with Gasteiger partial charge in [0, 0.05) is 6.04 Å². The van der Waals surface area contributed by atoms with Crippen LogP contribution in [0.3, 0.4) is 0 Å². The summed E-state index contributed by atoms with van der Waals surface area (Å²) in [5.41, 5.74) is -0.475. The van der Waals surface area contributed by atoms with Gasteiger partial charge in [0.05, 0.1) is 11.0 Å². The molecule has 6 nitrogen and oxygen atoms in total. The van der Waals surface area contributed by atoms with Gasteiger partial charge in [-0.3, -0.25) is 10.1 Å². The molecule has 0 saturated heterocycles. The molecule has 0 spiro atoms. The minimum Gasteiger partial charge on any atom is -0.335 e. The number of anilines is 1. The van der Waals surface area contributed by atoms with Gasteiger partial charge < -0.3 is 10.6 Å². The van der Waals surface area contributed by atoms with Gasteiger partial charge in [0.2, 0.25) is 0 Å². The van der Waals surface area contributed by atoms with Crippen LogP contribution in [0, 0.1) is 15.9 Å². The molecule has 0 bridgehead atoms. The monoisotopic (exact) mass is 253 g/mol. The first-order valence-electron chi connectivity index (χ1n) is 5.58. The van der Waals surface area contributed by atoms with Gasteiger partial charge in [-0.05, 0) is 31.4 Å². The lowest BCUT2D eigenvalue weighted by molar-refractivity contribution is -0.384. The zero-order valence-electron chi connectivity index (χ0n) is 9.48. The summed E-state index contributed by atoms with van der Waals surface area (Å²) in [7, 11) is 0. The van der Waals surface area contributed by atoms with Crippen LogP contribution in [0.4, 0.5) is 20.6 Å². The van der Waals surface area contributed by atoms with Crippen LogP contribution in [0.5, 0.6) is 0 Å². The molecule has 1 aliphatic carbocycles. The molecule has 0 atom stereocenters. The lowest BCUT2D eigenvalue weighted by Crippen LogP contribution is -2.41. The minimum atomic E-state index is -0.734. The summed E-state index contributed by atoms with van der Waals surface area (Å²) in [6.07, 6.45) is 2.90. The standard InChI is InChI=1S/C11H12FN3O3/c12-7-4-5-9(10(6-7)15(17)18)14-11(16)13-8-2-1-3-8/h4-6,8H,1-3H2,(H2,13,14,16). The van der Waals surface area contributed by atoms with E-state index in [9.17, 15) is 19.3 Å². The first kappa shape index (κ1) is 12.3. The second-order valence-corrected chi connectivity index (χ2v) is 4.14. The van der Waals surface area contributed by atoms with E-state index < -0.39 is 22.5 Å². The van der Waals surface area contributed by atoms with Crippen LogP contribution in [0.2, 0.25) is 0 Å². The molecular weight excluding hydrogens is 241 g/mol. The second kappa shape index (κ2) is 4.99. The fourth-order valence-corrected chi connectivity index (χ4v) is 1.66. The predicted molar refractivity (Wildman–Crippen MR) is 62.8 cm³/mol. The fourth-order valence-electron chi connectivity index (χ4n) is 1.66. The van der Waals surface area contributed by atoms with Crippen molar-refractivity contribution in [3.8, 4) is 0 Å². The summed E-state index contributed by atoms with van der Waals surface area (Å²) in [5, 5.41) is 15.8. The van der Waals surface area contributed by atoms with E-state index in [0.717, 1.165) is 31.4 Å². The second-order valence-electron chi connectivity index (χ2n) is 4.14. The molecule has 0 unspecified atom stereocenters. The molecular formula is C11H12FN3O3. The lowest BCUT2D eigenvalue weighted by atomic mass is 9.93. The van der Waals surface area contributed by atoms with Crippen molar-refractivity contribution in [2.24, 2.45) is 0 Å². The van der Waals surface area contributed by atoms with Gasteiger partial charge in [-0.1, -0.05) is 0 Å². The SMILES string of the molecule is O=C(Nc1ccc(F)cc1[N+](=O)[O-])NC1CCC1. The number of nitro groups is 1. The largest absolute Gasteiger partial charge is 0.335 e. The highest BCUT2D eigenvalue weighted by Gasteiger charge is 2.21. The van der Waals surface area contributed by atoms with Crippen molar-refractivity contribution in [3.05, 3.63) is 34.1 Å². The van der Waals surface area contributed by atoms with Crippen molar-refractivity contribution < 1.29 is 14.1 Å². The number of nitrogens with zero attached hydrogens (tertiary/aromatic N) is 1. The molecule has 1 aromatic carbocycles. The number of amides is 2. The van der Waals surface area contributed by atoms with Gasteiger partial charge in [-0.15, -0.1) is 0 Å². The van der Waals surface area contributed by atoms with Crippen molar-refractivity contribution in [3.63, 3.8) is 0 Å². The van der Waals surface area contributed by atoms with Crippen LogP contribution >= 0.6 is 0 Å². The number of benzene rings is 1. The Morgan fingerprint density at radius 3 is 2.72 bits per heavy atom. The van der Waals surface area contributed by atoms with Crippen molar-refractivity contribution in [1.82, 2.24) is 5.32 Å². The predicted octanol–water partition coefficient (Wildman–Crippen LogP) is 2.41. The quantitative estimate of drug-likeness (QED) is 0.640. The molecule has 2 rings (SSSR count). The van der Waals surface area contributed by atoms with Gasteiger partial charge in [0.15, 0.2) is 0 Å². The Balaban J connectivity index is 2.07. The normalized spacial score (nSPS) is 14.7. The third-order valence-corrected chi connectivity index (χ3v) is 2.85. The highest BCUT2D eigenvalue weighted by Crippen LogP contribution is 2.25. The number of carbonyl (C=O) groups is 1. The number of hydrogen-bond acceptors (Lipinski definition) is 3. The van der Waals surface area contributed by atoms with Crippen LogP contribution in [0.1, 0.15) is 19.3 Å². The molecule has 2 amide bonds. The number of rotatable bonds is 3. The molecule has 0 radical (unpaired) electrons. The topological polar surface area (TPSA) is 84.3 Å². The Morgan fingerprint density at radius 1 is 1.44 bits per heavy atom. The highest BCUT2D eigenvalue weighted by molar-refractivity contribution is 5.91. The molecule has 96 valence electrons. The average Bonchev–Trinajstić information content (AvgIpc) is 2.26. The maximum absolute atomic E-state index is 12.9. The van der Waals surface area contributed by atoms with Crippen LogP contribution in [0.25, 0.3) is 0 Å². The van der Waals surface area contributed by atoms with Crippen molar-refractivity contribution in [1.29, 1.82) is 0 Å². The zero-order chi connectivity index (χ0) is 13.1. The van der Waals surface area contributed by atoms with E-state index in [4.69, 9.17) is 0 Å².